The maximum atomic E-state index is 6.23. The zero-order valence-electron chi connectivity index (χ0n) is 69.5. The Kier molecular flexibility index (Phi) is 35.3. The van der Waals surface area contributed by atoms with Crippen LogP contribution in [0.1, 0.15) is 166 Å². The summed E-state index contributed by atoms with van der Waals surface area (Å²) in [6.07, 6.45) is 23.7. The van der Waals surface area contributed by atoms with Crippen molar-refractivity contribution in [2.45, 2.75) is 176 Å². The molecule has 5 heterocycles. The number of halogens is 3. The van der Waals surface area contributed by atoms with Crippen molar-refractivity contribution in [3.05, 3.63) is 322 Å². The predicted octanol–water partition coefficient (Wildman–Crippen LogP) is 20.4. The zero-order chi connectivity index (χ0) is 81.5. The van der Waals surface area contributed by atoms with Gasteiger partial charge in [-0.15, -0.1) is 0 Å². The third-order valence-corrected chi connectivity index (χ3v) is 19.6. The van der Waals surface area contributed by atoms with Crippen LogP contribution in [0, 0.1) is 34.0 Å². The van der Waals surface area contributed by atoms with Crippen LogP contribution in [0.25, 0.3) is 0 Å². The molecular formula is C92H126Cl3N15O. The molecule has 0 spiro atoms. The third kappa shape index (κ3) is 32.4. The van der Waals surface area contributed by atoms with Crippen molar-refractivity contribution < 1.29 is 4.74 Å². The fourth-order valence-electron chi connectivity index (χ4n) is 10.8. The molecule has 10 aromatic rings. The van der Waals surface area contributed by atoms with Crippen LogP contribution in [-0.2, 0) is 64.8 Å². The highest BCUT2D eigenvalue weighted by Crippen LogP contribution is 2.26. The summed E-state index contributed by atoms with van der Waals surface area (Å²) in [5, 5.41) is 19.3. The van der Waals surface area contributed by atoms with Crippen molar-refractivity contribution in [2.24, 2.45) is 27.1 Å². The van der Waals surface area contributed by atoms with Crippen LogP contribution in [0.4, 0.5) is 0 Å². The van der Waals surface area contributed by atoms with Crippen molar-refractivity contribution in [3.63, 3.8) is 0 Å². The number of nitrogens with one attached hydrogen (secondary N) is 5. The Morgan fingerprint density at radius 3 is 0.928 bits per heavy atom. The molecule has 5 N–H and O–H groups in total. The summed E-state index contributed by atoms with van der Waals surface area (Å²) in [6.45, 7) is 63.2. The molecular weight excluding hydrogens is 1440 g/mol. The van der Waals surface area contributed by atoms with Gasteiger partial charge in [0.1, 0.15) is 34.9 Å². The molecule has 0 fully saturated rings. The average Bonchev–Trinajstić information content (AvgIpc) is 1.77. The Bertz CT molecular complexity index is 4360. The van der Waals surface area contributed by atoms with E-state index in [1.165, 1.54) is 27.8 Å². The van der Waals surface area contributed by atoms with Crippen LogP contribution in [0.3, 0.4) is 0 Å². The molecule has 0 bridgehead atoms. The van der Waals surface area contributed by atoms with E-state index < -0.39 is 0 Å². The Labute approximate surface area is 680 Å². The first-order valence-electron chi connectivity index (χ1n) is 38.4. The maximum Gasteiger partial charge on any atom is 0.118 e. The molecule has 0 aliphatic rings. The highest BCUT2D eigenvalue weighted by atomic mass is 35.5. The number of benzene rings is 5. The minimum atomic E-state index is 0.0764. The summed E-state index contributed by atoms with van der Waals surface area (Å²) in [4.78, 5) is 22.3. The minimum Gasteiger partial charge on any atom is -0.497 e. The van der Waals surface area contributed by atoms with Gasteiger partial charge in [0.15, 0.2) is 0 Å². The van der Waals surface area contributed by atoms with E-state index in [9.17, 15) is 0 Å². The minimum absolute atomic E-state index is 0.0764. The Balaban J connectivity index is 0.000000216. The molecule has 5 aromatic carbocycles. The van der Waals surface area contributed by atoms with Crippen LogP contribution in [-0.4, -0.2) is 87.6 Å². The first kappa shape index (κ1) is 90.4. The van der Waals surface area contributed by atoms with E-state index in [2.05, 4.69) is 260 Å². The molecule has 0 aliphatic carbocycles. The fourth-order valence-corrected chi connectivity index (χ4v) is 11.3. The number of aromatic nitrogens is 10. The van der Waals surface area contributed by atoms with Gasteiger partial charge in [-0.25, -0.2) is 24.9 Å². The van der Waals surface area contributed by atoms with Gasteiger partial charge < -0.3 is 54.2 Å². The van der Waals surface area contributed by atoms with Crippen molar-refractivity contribution in [1.29, 1.82) is 0 Å². The SMILES string of the molecule is C=C(NCCc1nccn1Cc1ccc(C)cc1)C(C)(C)C.C=C(NCCc1nccn1Cc1ccc(Cl)cc1)C(C)(C)C.C=C(NCCc1nccn1Cc1ccc(OC)cc1)C(C)(C)C.C=C(NCCc1nccn1Cc1cccc(Cl)c1)C(C)(C)C.C=C(NCCc1nccn1Cc1ccccc1Cl)C(C)(C)C. The second-order valence-electron chi connectivity index (χ2n) is 33.1. The summed E-state index contributed by atoms with van der Waals surface area (Å²) >= 11 is 18.2. The molecule has 596 valence electrons. The molecule has 111 heavy (non-hydrogen) atoms. The normalized spacial score (nSPS) is 11.4. The first-order valence-corrected chi connectivity index (χ1v) is 39.6. The molecule has 0 amide bonds. The molecule has 0 radical (unpaired) electrons. The van der Waals surface area contributed by atoms with Gasteiger partial charge >= 0.3 is 0 Å². The van der Waals surface area contributed by atoms with Gasteiger partial charge in [0.05, 0.1) is 13.7 Å². The van der Waals surface area contributed by atoms with E-state index in [0.29, 0.717) is 0 Å². The number of aryl methyl sites for hydroxylation is 1. The molecule has 19 heteroatoms. The van der Waals surface area contributed by atoms with Gasteiger partial charge in [0.25, 0.3) is 0 Å². The molecule has 0 saturated carbocycles. The van der Waals surface area contributed by atoms with Crippen LogP contribution >= 0.6 is 34.8 Å². The summed E-state index contributed by atoms with van der Waals surface area (Å²) in [7, 11) is 1.68. The zero-order valence-corrected chi connectivity index (χ0v) is 71.7. The van der Waals surface area contributed by atoms with Crippen molar-refractivity contribution in [2.75, 3.05) is 39.8 Å². The lowest BCUT2D eigenvalue weighted by molar-refractivity contribution is 0.414. The fraction of sp³-hybridized carbons (Fsp3) is 0.402. The first-order chi connectivity index (χ1) is 52.4. The Morgan fingerprint density at radius 1 is 0.342 bits per heavy atom. The summed E-state index contributed by atoms with van der Waals surface area (Å²) in [5.74, 6) is 6.25. The highest BCUT2D eigenvalue weighted by Gasteiger charge is 2.20. The molecule has 0 unspecified atom stereocenters. The van der Waals surface area contributed by atoms with Crippen molar-refractivity contribution in [1.82, 2.24) is 74.3 Å². The second-order valence-corrected chi connectivity index (χ2v) is 34.3. The van der Waals surface area contributed by atoms with E-state index in [-0.39, 0.29) is 27.1 Å². The van der Waals surface area contributed by atoms with Gasteiger partial charge in [-0.3, -0.25) is 0 Å². The Hall–Kier alpha value is -9.48. The molecule has 10 rings (SSSR count). The summed E-state index contributed by atoms with van der Waals surface area (Å²) in [6, 6.07) is 40.6. The van der Waals surface area contributed by atoms with Crippen LogP contribution in [0.15, 0.2) is 245 Å². The highest BCUT2D eigenvalue weighted by molar-refractivity contribution is 6.31. The second kappa shape index (κ2) is 43.4. The lowest BCUT2D eigenvalue weighted by atomic mass is 9.93. The number of nitrogens with zero attached hydrogens (tertiary/aromatic N) is 10. The largest absolute Gasteiger partial charge is 0.497 e. The summed E-state index contributed by atoms with van der Waals surface area (Å²) in [5.41, 5.74) is 13.0. The lowest BCUT2D eigenvalue weighted by Gasteiger charge is -2.23. The van der Waals surface area contributed by atoms with Gasteiger partial charge in [-0.05, 0) is 77.2 Å². The smallest absolute Gasteiger partial charge is 0.118 e. The van der Waals surface area contributed by atoms with E-state index in [0.717, 1.165) is 182 Å². The predicted molar refractivity (Wildman–Crippen MR) is 467 cm³/mol. The molecule has 16 nitrogen and oxygen atoms in total. The number of hydrogen-bond acceptors (Lipinski definition) is 11. The number of ether oxygens (including phenoxy) is 1. The molecule has 0 aliphatic heterocycles. The van der Waals surface area contributed by atoms with E-state index >= 15 is 0 Å². The maximum absolute atomic E-state index is 6.23. The Morgan fingerprint density at radius 2 is 0.631 bits per heavy atom. The van der Waals surface area contributed by atoms with E-state index in [1.807, 2.05) is 141 Å². The van der Waals surface area contributed by atoms with Crippen LogP contribution < -0.4 is 31.3 Å². The van der Waals surface area contributed by atoms with Gasteiger partial charge in [0, 0.05) is 224 Å². The van der Waals surface area contributed by atoms with E-state index in [4.69, 9.17) is 39.5 Å². The van der Waals surface area contributed by atoms with Crippen molar-refractivity contribution >= 4 is 34.8 Å². The van der Waals surface area contributed by atoms with Crippen molar-refractivity contribution in [3.8, 4) is 5.75 Å². The number of imidazole rings is 5. The standard InChI is InChI=1S/C19H27N3O.C19H27N3.3C18H24ClN3/c1-15(19(2,3)4)20-11-10-18-21-12-13-22(18)14-16-6-8-17(23-5)9-7-16;1-15-6-8-17(9-7-15)14-22-13-12-21-18(22)10-11-20-16(2)19(3,4)5;1-14(18(2,3)4)20-10-9-17-21-11-12-22(17)13-15-5-7-16(19)8-6-15;1-14(18(2,3)4)20-9-8-17-21-10-11-22(17)13-15-6-5-7-16(19)12-15;1-14(18(2,3)4)20-10-9-17-21-11-12-22(17)13-15-7-5-6-8-16(15)19/h6-9,12-13,20H,1,10-11,14H2,2-5H3;6-9,12-13,20H,2,10-11,14H2,1,3-5H3;5-8,11-12,20H,1,9-10,13H2,2-4H3;5-7,10-12,20H,1,8-9,13H2,2-4H3;5-8,11-12,20H,1,9-10,13H2,2-4H3. The van der Waals surface area contributed by atoms with E-state index in [1.54, 1.807) is 7.11 Å². The number of allylic oxidation sites excluding steroid dienone is 5. The third-order valence-electron chi connectivity index (χ3n) is 18.8. The lowest BCUT2D eigenvalue weighted by Crippen LogP contribution is -2.26. The van der Waals surface area contributed by atoms with Crippen LogP contribution in [0.5, 0.6) is 5.75 Å². The molecule has 0 atom stereocenters. The van der Waals surface area contributed by atoms with Gasteiger partial charge in [-0.1, -0.05) is 256 Å². The quantitative estimate of drug-likeness (QED) is 0.0282. The molecule has 5 aromatic heterocycles. The average molecular weight is 1560 g/mol. The topological polar surface area (TPSA) is 158 Å². The van der Waals surface area contributed by atoms with Gasteiger partial charge in [0.2, 0.25) is 0 Å². The summed E-state index contributed by atoms with van der Waals surface area (Å²) < 4.78 is 16.1. The van der Waals surface area contributed by atoms with Crippen LogP contribution in [0.2, 0.25) is 15.1 Å². The monoisotopic (exact) mass is 1560 g/mol. The molecule has 0 saturated heterocycles. The number of methoxy groups -OCH3 is 1. The van der Waals surface area contributed by atoms with Gasteiger partial charge in [-0.2, -0.15) is 0 Å². The number of hydrogen-bond donors (Lipinski definition) is 5. The number of rotatable bonds is 31.